The monoisotopic (exact) mass is 885 g/mol. The molecule has 6 heteroatoms. The molecule has 0 aromatic rings. The Kier molecular flexibility index (Phi) is 48.1. The Balaban J connectivity index is 4.52. The van der Waals surface area contributed by atoms with Gasteiger partial charge in [0.25, 0.3) is 0 Å². The molecular weight excluding hydrogens is 793 g/mol. The minimum atomic E-state index is -0.816. The topological polar surface area (TPSA) is 78.9 Å². The summed E-state index contributed by atoms with van der Waals surface area (Å²) in [5, 5.41) is 0. The predicted molar refractivity (Wildman–Crippen MR) is 274 cm³/mol. The normalized spacial score (nSPS) is 13.1. The Morgan fingerprint density at radius 3 is 0.984 bits per heavy atom. The Bertz CT molecular complexity index is 1390. The second-order valence-corrected chi connectivity index (χ2v) is 16.5. The molecule has 0 N–H and O–H groups in total. The van der Waals surface area contributed by atoms with Crippen LogP contribution in [0, 0.1) is 0 Å². The molecule has 0 rings (SSSR count). The van der Waals surface area contributed by atoms with Gasteiger partial charge in [-0.05, 0) is 83.5 Å². The van der Waals surface area contributed by atoms with Crippen molar-refractivity contribution in [1.82, 2.24) is 0 Å². The van der Waals surface area contributed by atoms with Gasteiger partial charge in [-0.25, -0.2) is 0 Å². The van der Waals surface area contributed by atoms with Crippen molar-refractivity contribution < 1.29 is 28.6 Å². The summed E-state index contributed by atoms with van der Waals surface area (Å²) in [6, 6.07) is 0. The molecule has 0 spiro atoms. The molecule has 0 aliphatic carbocycles. The zero-order valence-electron chi connectivity index (χ0n) is 41.0. The van der Waals surface area contributed by atoms with Gasteiger partial charge in [0.2, 0.25) is 0 Å². The molecule has 0 aliphatic heterocycles. The van der Waals surface area contributed by atoms with Crippen LogP contribution in [0.3, 0.4) is 0 Å². The molecular formula is C58H92O6. The third kappa shape index (κ3) is 48.8. The fourth-order valence-corrected chi connectivity index (χ4v) is 6.57. The lowest BCUT2D eigenvalue weighted by Gasteiger charge is -2.18. The van der Waals surface area contributed by atoms with Gasteiger partial charge in [0.05, 0.1) is 0 Å². The molecule has 0 fully saturated rings. The summed E-state index contributed by atoms with van der Waals surface area (Å²) in [6.07, 6.45) is 70.4. The Morgan fingerprint density at radius 2 is 0.609 bits per heavy atom. The van der Waals surface area contributed by atoms with Crippen molar-refractivity contribution in [2.45, 2.75) is 213 Å². The summed E-state index contributed by atoms with van der Waals surface area (Å²) < 4.78 is 16.7. The lowest BCUT2D eigenvalue weighted by atomic mass is 10.1. The van der Waals surface area contributed by atoms with Crippen molar-refractivity contribution in [1.29, 1.82) is 0 Å². The first-order valence-corrected chi connectivity index (χ1v) is 25.7. The lowest BCUT2D eigenvalue weighted by molar-refractivity contribution is -0.167. The second kappa shape index (κ2) is 51.4. The van der Waals surface area contributed by atoms with Gasteiger partial charge in [-0.15, -0.1) is 0 Å². The van der Waals surface area contributed by atoms with Gasteiger partial charge < -0.3 is 14.2 Å². The molecule has 1 unspecified atom stereocenters. The predicted octanol–water partition coefficient (Wildman–Crippen LogP) is 16.9. The minimum absolute atomic E-state index is 0.113. The van der Waals surface area contributed by atoms with Crippen molar-refractivity contribution in [3.8, 4) is 0 Å². The smallest absolute Gasteiger partial charge is 0.306 e. The molecule has 0 radical (unpaired) electrons. The molecule has 0 saturated carbocycles. The zero-order chi connectivity index (χ0) is 46.5. The molecule has 0 bridgehead atoms. The molecule has 0 heterocycles. The van der Waals surface area contributed by atoms with Crippen molar-refractivity contribution >= 4 is 17.9 Å². The standard InChI is InChI=1S/C58H92O6/c1-4-7-10-13-16-19-22-25-27-28-29-31-33-36-39-42-45-48-51-57(60)63-54-55(53-62-56(59)50-47-44-41-38-35-32-24-21-18-15-12-9-6-3)64-58(61)52-49-46-43-40-37-34-30-26-23-20-17-14-11-8-5-2/h8-9,11-12,14-15,17-18,20-21,23-24,26-32,35,55H,4-7,10,13,16,19,22,25,33-34,36-54H2,1-3H3/b11-8-,12-9-,17-14-,18-15-,23-20-,24-21-,28-27-,30-26-,31-29-,35-32-. The van der Waals surface area contributed by atoms with E-state index in [4.69, 9.17) is 14.2 Å². The highest BCUT2D eigenvalue weighted by Gasteiger charge is 2.19. The Labute approximate surface area is 392 Å². The number of unbranched alkanes of at least 4 members (excludes halogenated alkanes) is 20. The third-order valence-electron chi connectivity index (χ3n) is 10.4. The van der Waals surface area contributed by atoms with Gasteiger partial charge in [-0.2, -0.15) is 0 Å². The van der Waals surface area contributed by atoms with Crippen LogP contribution in [0.1, 0.15) is 207 Å². The van der Waals surface area contributed by atoms with E-state index in [1.165, 1.54) is 51.4 Å². The zero-order valence-corrected chi connectivity index (χ0v) is 41.0. The molecule has 0 aromatic heterocycles. The van der Waals surface area contributed by atoms with E-state index >= 15 is 0 Å². The van der Waals surface area contributed by atoms with Gasteiger partial charge in [-0.1, -0.05) is 226 Å². The summed E-state index contributed by atoms with van der Waals surface area (Å²) in [5.74, 6) is -0.998. The van der Waals surface area contributed by atoms with Gasteiger partial charge in [0.15, 0.2) is 6.10 Å². The Hall–Kier alpha value is -4.19. The maximum absolute atomic E-state index is 12.8. The molecule has 360 valence electrons. The van der Waals surface area contributed by atoms with E-state index in [1.54, 1.807) is 0 Å². The number of esters is 3. The molecule has 1 atom stereocenters. The fourth-order valence-electron chi connectivity index (χ4n) is 6.57. The fraction of sp³-hybridized carbons (Fsp3) is 0.603. The van der Waals surface area contributed by atoms with Gasteiger partial charge in [-0.3, -0.25) is 14.4 Å². The number of allylic oxidation sites excluding steroid dienone is 20. The maximum Gasteiger partial charge on any atom is 0.306 e. The number of carbonyl (C=O) groups excluding carboxylic acids is 3. The highest BCUT2D eigenvalue weighted by molar-refractivity contribution is 5.71. The van der Waals surface area contributed by atoms with Crippen molar-refractivity contribution in [3.05, 3.63) is 122 Å². The average Bonchev–Trinajstić information content (AvgIpc) is 3.29. The van der Waals surface area contributed by atoms with Crippen LogP contribution in [0.5, 0.6) is 0 Å². The van der Waals surface area contributed by atoms with Crippen molar-refractivity contribution in [2.24, 2.45) is 0 Å². The van der Waals surface area contributed by atoms with E-state index < -0.39 is 6.10 Å². The summed E-state index contributed by atoms with van der Waals surface area (Å²) in [7, 11) is 0. The number of hydrogen-bond donors (Lipinski definition) is 0. The van der Waals surface area contributed by atoms with Crippen LogP contribution in [0.2, 0.25) is 0 Å². The van der Waals surface area contributed by atoms with E-state index in [0.29, 0.717) is 12.8 Å². The van der Waals surface area contributed by atoms with Crippen LogP contribution in [-0.2, 0) is 28.6 Å². The van der Waals surface area contributed by atoms with Crippen molar-refractivity contribution in [2.75, 3.05) is 13.2 Å². The Morgan fingerprint density at radius 1 is 0.328 bits per heavy atom. The van der Waals surface area contributed by atoms with E-state index in [-0.39, 0.29) is 37.5 Å². The maximum atomic E-state index is 12.8. The summed E-state index contributed by atoms with van der Waals surface area (Å²) >= 11 is 0. The largest absolute Gasteiger partial charge is 0.462 e. The highest BCUT2D eigenvalue weighted by atomic mass is 16.6. The molecule has 64 heavy (non-hydrogen) atoms. The van der Waals surface area contributed by atoms with E-state index in [9.17, 15) is 14.4 Å². The number of ether oxygens (including phenoxy) is 3. The summed E-state index contributed by atoms with van der Waals surface area (Å²) in [6.45, 7) is 6.27. The van der Waals surface area contributed by atoms with Crippen LogP contribution in [0.4, 0.5) is 0 Å². The highest BCUT2D eigenvalue weighted by Crippen LogP contribution is 2.13. The lowest BCUT2D eigenvalue weighted by Crippen LogP contribution is -2.30. The van der Waals surface area contributed by atoms with Crippen molar-refractivity contribution in [3.63, 3.8) is 0 Å². The van der Waals surface area contributed by atoms with E-state index in [2.05, 4.69) is 81.5 Å². The van der Waals surface area contributed by atoms with Crippen LogP contribution >= 0.6 is 0 Å². The molecule has 0 saturated heterocycles. The van der Waals surface area contributed by atoms with E-state index in [0.717, 1.165) is 116 Å². The first-order chi connectivity index (χ1) is 31.5. The first-order valence-electron chi connectivity index (χ1n) is 25.7. The molecule has 0 aliphatic rings. The number of hydrogen-bond acceptors (Lipinski definition) is 6. The van der Waals surface area contributed by atoms with Gasteiger partial charge >= 0.3 is 17.9 Å². The number of rotatable bonds is 44. The summed E-state index contributed by atoms with van der Waals surface area (Å²) in [5.41, 5.74) is 0. The third-order valence-corrected chi connectivity index (χ3v) is 10.4. The van der Waals surface area contributed by atoms with Gasteiger partial charge in [0, 0.05) is 19.3 Å². The van der Waals surface area contributed by atoms with Crippen LogP contribution in [-0.4, -0.2) is 37.2 Å². The summed E-state index contributed by atoms with van der Waals surface area (Å²) in [4.78, 5) is 38.0. The molecule has 0 amide bonds. The van der Waals surface area contributed by atoms with Crippen LogP contribution in [0.25, 0.3) is 0 Å². The molecule has 0 aromatic carbocycles. The average molecular weight is 885 g/mol. The van der Waals surface area contributed by atoms with Gasteiger partial charge in [0.1, 0.15) is 13.2 Å². The first kappa shape index (κ1) is 59.8. The van der Waals surface area contributed by atoms with Crippen LogP contribution < -0.4 is 0 Å². The quantitative estimate of drug-likeness (QED) is 0.0262. The molecule has 6 nitrogen and oxygen atoms in total. The number of carbonyl (C=O) groups is 3. The van der Waals surface area contributed by atoms with E-state index in [1.807, 2.05) is 60.8 Å². The van der Waals surface area contributed by atoms with Crippen LogP contribution in [0.15, 0.2) is 122 Å². The second-order valence-electron chi connectivity index (χ2n) is 16.5. The minimum Gasteiger partial charge on any atom is -0.462 e. The SMILES string of the molecule is CC\C=C/C=C\C=C/C=C\CCCCCCCC(=O)OC(COC(=O)CCCCC\C=C/C=C\C=C/C=C\CC)COC(=O)CCCCCCC/C=C\C=C/CCCCCCCCC.